The second kappa shape index (κ2) is 9.61. The van der Waals surface area contributed by atoms with Gasteiger partial charge in [0.1, 0.15) is 0 Å². The third-order valence-corrected chi connectivity index (χ3v) is 4.00. The molecule has 1 aromatic heterocycles. The van der Waals surface area contributed by atoms with E-state index in [1.165, 1.54) is 14.2 Å². The fourth-order valence-corrected chi connectivity index (χ4v) is 3.38. The Hall–Kier alpha value is 1.63. The number of benzene rings is 2. The maximum absolute atomic E-state index is 3.23. The van der Waals surface area contributed by atoms with E-state index in [0.29, 0.717) is 0 Å². The maximum Gasteiger partial charge on any atom is 0 e. The van der Waals surface area contributed by atoms with Gasteiger partial charge in [0.05, 0.1) is 0 Å². The van der Waals surface area contributed by atoms with Crippen molar-refractivity contribution >= 4 is 39.9 Å². The van der Waals surface area contributed by atoms with E-state index < -0.39 is 0 Å². The molecule has 0 N–H and O–H groups in total. The molecular formula is C15H11NPbPr2-3. The van der Waals surface area contributed by atoms with E-state index in [9.17, 15) is 0 Å². The van der Waals surface area contributed by atoms with Gasteiger partial charge in [-0.15, -0.1) is 0 Å². The van der Waals surface area contributed by atoms with Crippen LogP contribution in [0.3, 0.4) is 0 Å². The Morgan fingerprint density at radius 1 is 0.947 bits per heavy atom. The molecule has 3 rings (SSSR count). The Balaban J connectivity index is 0.00000108. The number of aromatic nitrogens is 1. The molecule has 0 saturated heterocycles. The Bertz CT molecular complexity index is 635. The molecule has 19 heavy (non-hydrogen) atoms. The third-order valence-electron chi connectivity index (χ3n) is 2.57. The van der Waals surface area contributed by atoms with Crippen LogP contribution in [-0.4, -0.2) is 30.3 Å². The molecule has 0 bridgehead atoms. The van der Waals surface area contributed by atoms with Crippen LogP contribution in [0.4, 0.5) is 0 Å². The molecule has 0 fully saturated rings. The SMILES string of the molecule is [CH3-].[Pb][c]1cc2ccccc2n1-c1[c-]ccc[c-]1.[Pr].[Pr]. The molecule has 5 radical (unpaired) electrons. The third kappa shape index (κ3) is 4.55. The summed E-state index contributed by atoms with van der Waals surface area (Å²) in [6.45, 7) is 0. The van der Waals surface area contributed by atoms with Crippen LogP contribution in [0.25, 0.3) is 16.6 Å². The average Bonchev–Trinajstić information content (AvgIpc) is 2.66. The molecule has 0 aliphatic heterocycles. The molecule has 0 atom stereocenters. The van der Waals surface area contributed by atoms with Crippen LogP contribution in [0, 0.1) is 102 Å². The molecule has 3 aromatic rings. The van der Waals surface area contributed by atoms with Crippen molar-refractivity contribution in [3.05, 3.63) is 68.1 Å². The molecule has 1 nitrogen and oxygen atoms in total. The molecule has 2 aromatic carbocycles. The van der Waals surface area contributed by atoms with E-state index in [1.807, 2.05) is 18.2 Å². The van der Waals surface area contributed by atoms with Gasteiger partial charge >= 0.3 is 111 Å². The molecule has 0 amide bonds. The minimum Gasteiger partial charge on any atom is 0 e. The smallest absolute Gasteiger partial charge is 0 e. The predicted molar refractivity (Wildman–Crippen MR) is 72.7 cm³/mol. The summed E-state index contributed by atoms with van der Waals surface area (Å²) in [6, 6.07) is 23.0. The first kappa shape index (κ1) is 20.6. The molecule has 89 valence electrons. The van der Waals surface area contributed by atoms with Gasteiger partial charge in [-0.25, -0.2) is 0 Å². The van der Waals surface area contributed by atoms with Crippen LogP contribution >= 0.6 is 0 Å². The van der Waals surface area contributed by atoms with Crippen LogP contribution < -0.4 is 3.25 Å². The molecule has 0 aliphatic carbocycles. The topological polar surface area (TPSA) is 4.93 Å². The van der Waals surface area contributed by atoms with E-state index in [4.69, 9.17) is 0 Å². The molecule has 0 saturated carbocycles. The molecule has 4 heteroatoms. The van der Waals surface area contributed by atoms with Gasteiger partial charge in [0, 0.05) is 82.6 Å². The zero-order valence-electron chi connectivity index (χ0n) is 10.7. The van der Waals surface area contributed by atoms with Crippen LogP contribution in [0.1, 0.15) is 0 Å². The van der Waals surface area contributed by atoms with Crippen LogP contribution in [0.15, 0.2) is 48.5 Å². The molecule has 1 heterocycles. The number of hydrogen-bond acceptors (Lipinski definition) is 0. The van der Waals surface area contributed by atoms with Crippen molar-refractivity contribution in [2.24, 2.45) is 0 Å². The molecule has 0 unspecified atom stereocenters. The summed E-state index contributed by atoms with van der Waals surface area (Å²) in [5.41, 5.74) is 2.25. The second-order valence-electron chi connectivity index (χ2n) is 3.59. The van der Waals surface area contributed by atoms with Gasteiger partial charge in [-0.2, -0.15) is 0 Å². The molecular weight excluding hydrogens is 683 g/mol. The fourth-order valence-electron chi connectivity index (χ4n) is 1.87. The zero-order valence-corrected chi connectivity index (χ0v) is 22.0. The van der Waals surface area contributed by atoms with Crippen molar-refractivity contribution in [2.75, 3.05) is 0 Å². The van der Waals surface area contributed by atoms with Crippen molar-refractivity contribution in [1.29, 1.82) is 0 Å². The largest absolute Gasteiger partial charge is 0 e. The number of hydrogen-bond donors (Lipinski definition) is 0. The Labute approximate surface area is 197 Å². The van der Waals surface area contributed by atoms with Crippen molar-refractivity contribution in [3.8, 4) is 5.69 Å². The number of rotatable bonds is 1. The summed E-state index contributed by atoms with van der Waals surface area (Å²) in [4.78, 5) is 0. The van der Waals surface area contributed by atoms with E-state index in [2.05, 4.69) is 47.0 Å². The van der Waals surface area contributed by atoms with Gasteiger partial charge in [0.25, 0.3) is 0 Å². The maximum atomic E-state index is 3.23. The van der Waals surface area contributed by atoms with Gasteiger partial charge in [-0.1, -0.05) is 0 Å². The average molecular weight is 694 g/mol. The fraction of sp³-hybridized carbons (Fsp3) is 0. The minimum atomic E-state index is 0. The first-order valence-corrected chi connectivity index (χ1v) is 7.01. The summed E-state index contributed by atoms with van der Waals surface area (Å²) in [5.74, 6) is 0. The monoisotopic (exact) mass is 695 g/mol. The summed E-state index contributed by atoms with van der Waals surface area (Å²) >= 11 is 1.02. The predicted octanol–water partition coefficient (Wildman–Crippen LogP) is 2.47. The van der Waals surface area contributed by atoms with Gasteiger partial charge in [-0.05, 0) is 0 Å². The molecule has 0 aliphatic rings. The van der Waals surface area contributed by atoms with E-state index in [-0.39, 0.29) is 90.0 Å². The van der Waals surface area contributed by atoms with Gasteiger partial charge in [0.2, 0.25) is 0 Å². The quantitative estimate of drug-likeness (QED) is 0.273. The summed E-state index contributed by atoms with van der Waals surface area (Å²) in [7, 11) is 0. The summed E-state index contributed by atoms with van der Waals surface area (Å²) in [6.07, 6.45) is 0. The zero-order chi connectivity index (χ0) is 11.0. The Morgan fingerprint density at radius 2 is 1.58 bits per heavy atom. The summed E-state index contributed by atoms with van der Waals surface area (Å²) in [5, 5.41) is 1.29. The number of para-hydroxylation sites is 2. The van der Waals surface area contributed by atoms with Crippen LogP contribution in [0.5, 0.6) is 0 Å². The standard InChI is InChI=1S/C14H8N.CH3.Pb.2Pr/c1-2-7-13(8-3-1)15-11-10-12-6-4-5-9-14(12)15;;;;/h1-6,9-10H;1H3;;;/q-2;-1;;;. The van der Waals surface area contributed by atoms with Gasteiger partial charge in [-0.3, -0.25) is 0 Å². The van der Waals surface area contributed by atoms with Crippen LogP contribution in [0.2, 0.25) is 0 Å². The van der Waals surface area contributed by atoms with Crippen molar-refractivity contribution < 1.29 is 82.6 Å². The summed E-state index contributed by atoms with van der Waals surface area (Å²) < 4.78 is 3.58. The first-order chi connectivity index (χ1) is 7.86. The number of fused-ring (bicyclic) bond motifs is 1. The normalized spacial score (nSPS) is 9.11. The van der Waals surface area contributed by atoms with Crippen molar-refractivity contribution in [2.45, 2.75) is 0 Å². The van der Waals surface area contributed by atoms with E-state index in [0.717, 1.165) is 31.5 Å². The van der Waals surface area contributed by atoms with Crippen molar-refractivity contribution in [1.82, 2.24) is 4.57 Å². The number of nitrogens with zero attached hydrogens (tertiary/aromatic N) is 1. The Morgan fingerprint density at radius 3 is 2.26 bits per heavy atom. The van der Waals surface area contributed by atoms with E-state index >= 15 is 0 Å². The Kier molecular flexibility index (Phi) is 10.4. The van der Waals surface area contributed by atoms with Gasteiger partial charge in [0.15, 0.2) is 0 Å². The second-order valence-corrected chi connectivity index (χ2v) is 5.58. The van der Waals surface area contributed by atoms with Crippen molar-refractivity contribution in [3.63, 3.8) is 0 Å². The van der Waals surface area contributed by atoms with Crippen LogP contribution in [-0.2, 0) is 0 Å². The first-order valence-electron chi connectivity index (χ1n) is 5.07. The van der Waals surface area contributed by atoms with E-state index in [1.54, 1.807) is 0 Å². The molecule has 0 spiro atoms. The minimum absolute atomic E-state index is 0. The van der Waals surface area contributed by atoms with Gasteiger partial charge < -0.3 is 7.43 Å².